The Kier molecular flexibility index (Phi) is 2.30. The molecule has 0 unspecified atom stereocenters. The van der Waals surface area contributed by atoms with E-state index in [0.29, 0.717) is 22.3 Å². The molecule has 0 fully saturated rings. The van der Waals surface area contributed by atoms with Crippen LogP contribution >= 0.6 is 0 Å². The summed E-state index contributed by atoms with van der Waals surface area (Å²) >= 11 is 0. The van der Waals surface area contributed by atoms with Crippen LogP contribution in [0.5, 0.6) is 5.75 Å². The predicted octanol–water partition coefficient (Wildman–Crippen LogP) is 1.69. The summed E-state index contributed by atoms with van der Waals surface area (Å²) in [6.45, 7) is 0. The maximum absolute atomic E-state index is 11.9. The number of phenols is 1. The fraction of sp³-hybridized carbons (Fsp3) is 0. The summed E-state index contributed by atoms with van der Waals surface area (Å²) in [6.07, 6.45) is 3.09. The molecule has 1 aromatic carbocycles. The first-order chi connectivity index (χ1) is 8.74. The van der Waals surface area contributed by atoms with E-state index in [1.165, 1.54) is 6.20 Å². The molecule has 0 aliphatic heterocycles. The van der Waals surface area contributed by atoms with Crippen LogP contribution in [0.2, 0.25) is 0 Å². The third kappa shape index (κ3) is 1.71. The summed E-state index contributed by atoms with van der Waals surface area (Å²) in [5.74, 6) is 0.540. The summed E-state index contributed by atoms with van der Waals surface area (Å²) < 4.78 is 0. The van der Waals surface area contributed by atoms with Crippen LogP contribution in [0, 0.1) is 0 Å². The first-order valence-electron chi connectivity index (χ1n) is 5.37. The summed E-state index contributed by atoms with van der Waals surface area (Å²) in [5, 5.41) is 9.92. The smallest absolute Gasteiger partial charge is 0.259 e. The summed E-state index contributed by atoms with van der Waals surface area (Å²) in [4.78, 5) is 22.8. The van der Waals surface area contributed by atoms with Gasteiger partial charge in [-0.25, -0.2) is 4.98 Å². The van der Waals surface area contributed by atoms with E-state index in [4.69, 9.17) is 0 Å². The Hall–Kier alpha value is -2.69. The van der Waals surface area contributed by atoms with Crippen LogP contribution in [0.25, 0.3) is 22.3 Å². The highest BCUT2D eigenvalue weighted by Crippen LogP contribution is 2.20. The first-order valence-corrected chi connectivity index (χ1v) is 5.37. The fourth-order valence-corrected chi connectivity index (χ4v) is 1.78. The average Bonchev–Trinajstić information content (AvgIpc) is 2.39. The van der Waals surface area contributed by atoms with Crippen molar-refractivity contribution >= 4 is 10.9 Å². The third-order valence-corrected chi connectivity index (χ3v) is 2.63. The molecular formula is C13H9N3O2. The minimum atomic E-state index is -0.222. The van der Waals surface area contributed by atoms with Gasteiger partial charge >= 0.3 is 0 Å². The summed E-state index contributed by atoms with van der Waals surface area (Å²) in [7, 11) is 0. The van der Waals surface area contributed by atoms with E-state index < -0.39 is 0 Å². The number of hydrogen-bond donors (Lipinski definition) is 2. The molecule has 5 heteroatoms. The SMILES string of the molecule is O=c1[nH]c(-c2cccc(O)c2)nc2cnccc12. The topological polar surface area (TPSA) is 78.9 Å². The number of aromatic nitrogens is 3. The van der Waals surface area contributed by atoms with Crippen molar-refractivity contribution in [2.75, 3.05) is 0 Å². The Bertz CT molecular complexity index is 780. The van der Waals surface area contributed by atoms with Gasteiger partial charge in [0, 0.05) is 11.8 Å². The summed E-state index contributed by atoms with van der Waals surface area (Å²) in [5.41, 5.74) is 0.957. The molecule has 5 nitrogen and oxygen atoms in total. The number of fused-ring (bicyclic) bond motifs is 1. The van der Waals surface area contributed by atoms with Gasteiger partial charge < -0.3 is 10.1 Å². The first kappa shape index (κ1) is 10.5. The predicted molar refractivity (Wildman–Crippen MR) is 67.3 cm³/mol. The van der Waals surface area contributed by atoms with Crippen LogP contribution in [0.4, 0.5) is 0 Å². The van der Waals surface area contributed by atoms with Crippen molar-refractivity contribution in [2.24, 2.45) is 0 Å². The molecule has 0 aliphatic carbocycles. The van der Waals surface area contributed by atoms with Gasteiger partial charge in [-0.15, -0.1) is 0 Å². The highest BCUT2D eigenvalue weighted by atomic mass is 16.3. The number of nitrogens with one attached hydrogen (secondary N) is 1. The zero-order valence-corrected chi connectivity index (χ0v) is 9.29. The third-order valence-electron chi connectivity index (χ3n) is 2.63. The zero-order chi connectivity index (χ0) is 12.5. The van der Waals surface area contributed by atoms with Gasteiger partial charge in [-0.05, 0) is 18.2 Å². The average molecular weight is 239 g/mol. The van der Waals surface area contributed by atoms with Crippen molar-refractivity contribution in [2.45, 2.75) is 0 Å². The van der Waals surface area contributed by atoms with E-state index in [1.54, 1.807) is 36.5 Å². The molecule has 2 aromatic heterocycles. The number of H-pyrrole nitrogens is 1. The van der Waals surface area contributed by atoms with Gasteiger partial charge in [-0.2, -0.15) is 0 Å². The lowest BCUT2D eigenvalue weighted by Crippen LogP contribution is -2.09. The number of nitrogens with zero attached hydrogens (tertiary/aromatic N) is 2. The maximum atomic E-state index is 11.9. The lowest BCUT2D eigenvalue weighted by atomic mass is 10.2. The maximum Gasteiger partial charge on any atom is 0.259 e. The van der Waals surface area contributed by atoms with Gasteiger partial charge in [0.05, 0.1) is 17.1 Å². The van der Waals surface area contributed by atoms with Crippen molar-refractivity contribution in [3.05, 3.63) is 53.1 Å². The van der Waals surface area contributed by atoms with Crippen LogP contribution in [0.15, 0.2) is 47.5 Å². The van der Waals surface area contributed by atoms with Crippen molar-refractivity contribution in [1.29, 1.82) is 0 Å². The molecule has 0 amide bonds. The van der Waals surface area contributed by atoms with Crippen molar-refractivity contribution in [3.63, 3.8) is 0 Å². The minimum Gasteiger partial charge on any atom is -0.508 e. The summed E-state index contributed by atoms with van der Waals surface area (Å²) in [6, 6.07) is 8.18. The van der Waals surface area contributed by atoms with Crippen LogP contribution in [0.3, 0.4) is 0 Å². The molecule has 3 rings (SSSR count). The Morgan fingerprint density at radius 3 is 2.94 bits per heavy atom. The van der Waals surface area contributed by atoms with Crippen LogP contribution in [0.1, 0.15) is 0 Å². The molecule has 0 atom stereocenters. The van der Waals surface area contributed by atoms with Crippen LogP contribution < -0.4 is 5.56 Å². The quantitative estimate of drug-likeness (QED) is 0.677. The largest absolute Gasteiger partial charge is 0.508 e. The van der Waals surface area contributed by atoms with E-state index in [2.05, 4.69) is 15.0 Å². The lowest BCUT2D eigenvalue weighted by Gasteiger charge is -2.03. The molecule has 0 radical (unpaired) electrons. The number of aromatic amines is 1. The van der Waals surface area contributed by atoms with Gasteiger partial charge in [0.2, 0.25) is 0 Å². The lowest BCUT2D eigenvalue weighted by molar-refractivity contribution is 0.475. The van der Waals surface area contributed by atoms with Gasteiger partial charge in [0.1, 0.15) is 11.6 Å². The normalized spacial score (nSPS) is 10.7. The number of aromatic hydroxyl groups is 1. The van der Waals surface area contributed by atoms with Gasteiger partial charge in [-0.3, -0.25) is 9.78 Å². The molecular weight excluding hydrogens is 230 g/mol. The molecule has 88 valence electrons. The van der Waals surface area contributed by atoms with E-state index in [0.717, 1.165) is 0 Å². The zero-order valence-electron chi connectivity index (χ0n) is 9.29. The standard InChI is InChI=1S/C13H9N3O2/c17-9-3-1-2-8(6-9)12-15-11-7-14-5-4-10(11)13(18)16-12/h1-7,17H,(H,15,16,18). The molecule has 18 heavy (non-hydrogen) atoms. The second-order valence-electron chi connectivity index (χ2n) is 3.86. The number of hydrogen-bond acceptors (Lipinski definition) is 4. The van der Waals surface area contributed by atoms with Crippen LogP contribution in [-0.4, -0.2) is 20.1 Å². The van der Waals surface area contributed by atoms with Crippen molar-refractivity contribution in [1.82, 2.24) is 15.0 Å². The molecule has 0 bridgehead atoms. The Balaban J connectivity index is 2.28. The molecule has 2 N–H and O–H groups in total. The van der Waals surface area contributed by atoms with E-state index in [-0.39, 0.29) is 11.3 Å². The Morgan fingerprint density at radius 1 is 1.22 bits per heavy atom. The van der Waals surface area contributed by atoms with E-state index in [9.17, 15) is 9.90 Å². The molecule has 0 aliphatic rings. The van der Waals surface area contributed by atoms with Crippen molar-refractivity contribution < 1.29 is 5.11 Å². The molecule has 2 heterocycles. The second kappa shape index (κ2) is 3.96. The van der Waals surface area contributed by atoms with Gasteiger partial charge in [0.25, 0.3) is 5.56 Å². The molecule has 3 aromatic rings. The van der Waals surface area contributed by atoms with Crippen molar-refractivity contribution in [3.8, 4) is 17.1 Å². The minimum absolute atomic E-state index is 0.126. The van der Waals surface area contributed by atoms with Gasteiger partial charge in [0.15, 0.2) is 0 Å². The number of phenolic OH excluding ortho intramolecular Hbond substituents is 1. The molecule has 0 saturated carbocycles. The molecule has 0 spiro atoms. The fourth-order valence-electron chi connectivity index (χ4n) is 1.78. The monoisotopic (exact) mass is 239 g/mol. The Morgan fingerprint density at radius 2 is 2.11 bits per heavy atom. The number of pyridine rings is 1. The van der Waals surface area contributed by atoms with Crippen LogP contribution in [-0.2, 0) is 0 Å². The molecule has 0 saturated heterocycles. The number of benzene rings is 1. The van der Waals surface area contributed by atoms with E-state index in [1.807, 2.05) is 0 Å². The number of rotatable bonds is 1. The van der Waals surface area contributed by atoms with E-state index >= 15 is 0 Å². The second-order valence-corrected chi connectivity index (χ2v) is 3.86. The Labute approximate surface area is 102 Å². The highest BCUT2D eigenvalue weighted by molar-refractivity contribution is 5.78. The highest BCUT2D eigenvalue weighted by Gasteiger charge is 2.06. The van der Waals surface area contributed by atoms with Gasteiger partial charge in [-0.1, -0.05) is 12.1 Å².